The number of pyridine rings is 1. The van der Waals surface area contributed by atoms with E-state index in [0.29, 0.717) is 22.4 Å². The number of nitrogens with zero attached hydrogens (tertiary/aromatic N) is 4. The van der Waals surface area contributed by atoms with Crippen LogP contribution in [-0.2, 0) is 4.79 Å². The Balaban J connectivity index is 1.66. The Labute approximate surface area is 155 Å². The van der Waals surface area contributed by atoms with Gasteiger partial charge in [0, 0.05) is 23.2 Å². The van der Waals surface area contributed by atoms with Crippen molar-refractivity contribution in [2.45, 2.75) is 44.6 Å². The Hall–Kier alpha value is -2.48. The molecule has 1 unspecified atom stereocenters. The summed E-state index contributed by atoms with van der Waals surface area (Å²) in [5.41, 5.74) is 7.04. The van der Waals surface area contributed by atoms with Crippen molar-refractivity contribution in [2.75, 3.05) is 11.1 Å². The number of hydrogen-bond donors (Lipinski definition) is 2. The lowest BCUT2D eigenvalue weighted by Gasteiger charge is -2.26. The normalized spacial score (nSPS) is 16.6. The van der Waals surface area contributed by atoms with Gasteiger partial charge in [-0.1, -0.05) is 32.1 Å². The van der Waals surface area contributed by atoms with Gasteiger partial charge in [-0.25, -0.2) is 9.67 Å². The Morgan fingerprint density at radius 2 is 2.19 bits per heavy atom. The molecule has 1 aliphatic carbocycles. The van der Waals surface area contributed by atoms with E-state index in [9.17, 15) is 4.79 Å². The van der Waals surface area contributed by atoms with Crippen molar-refractivity contribution in [3.63, 3.8) is 0 Å². The van der Waals surface area contributed by atoms with Crippen LogP contribution in [0.3, 0.4) is 0 Å². The molecule has 3 heterocycles. The van der Waals surface area contributed by atoms with Gasteiger partial charge in [-0.05, 0) is 18.4 Å². The zero-order valence-corrected chi connectivity index (χ0v) is 15.3. The minimum atomic E-state index is -0.450. The molecular weight excluding hydrogens is 348 g/mol. The minimum Gasteiger partial charge on any atom is -0.383 e. The highest BCUT2D eigenvalue weighted by molar-refractivity contribution is 7.13. The summed E-state index contributed by atoms with van der Waals surface area (Å²) >= 11 is 1.41. The highest BCUT2D eigenvalue weighted by atomic mass is 32.1. The summed E-state index contributed by atoms with van der Waals surface area (Å²) in [4.78, 5) is 21.3. The highest BCUT2D eigenvalue weighted by Gasteiger charge is 2.29. The standard InChI is InChI=1S/C18H22N6OS/c19-16-13-6-7-20-11-14(13)23-24(16)15(10-12-4-2-1-3-5-12)17(25)22-18-21-8-9-26-18/h6-9,11-12,15H,1-5,10,19H2,(H,21,22,25). The fourth-order valence-corrected chi connectivity index (χ4v) is 4.28. The number of hydrogen-bond acceptors (Lipinski definition) is 6. The molecule has 26 heavy (non-hydrogen) atoms. The number of carbonyl (C=O) groups is 1. The Bertz CT molecular complexity index is 884. The van der Waals surface area contributed by atoms with Crippen LogP contribution in [0.4, 0.5) is 10.9 Å². The molecule has 1 amide bonds. The third kappa shape index (κ3) is 3.41. The molecule has 1 atom stereocenters. The lowest BCUT2D eigenvalue weighted by atomic mass is 9.84. The van der Waals surface area contributed by atoms with E-state index in [1.165, 1.54) is 30.6 Å². The number of aromatic nitrogens is 4. The van der Waals surface area contributed by atoms with Gasteiger partial charge < -0.3 is 11.1 Å². The summed E-state index contributed by atoms with van der Waals surface area (Å²) in [5.74, 6) is 0.913. The van der Waals surface area contributed by atoms with E-state index < -0.39 is 6.04 Å². The molecule has 4 rings (SSSR count). The first-order valence-electron chi connectivity index (χ1n) is 9.00. The van der Waals surface area contributed by atoms with Gasteiger partial charge in [-0.15, -0.1) is 11.3 Å². The SMILES string of the molecule is Nc1c2ccncc2nn1C(CC1CCCCC1)C(=O)Nc1nccs1. The van der Waals surface area contributed by atoms with Crippen LogP contribution in [0, 0.1) is 5.92 Å². The van der Waals surface area contributed by atoms with Gasteiger partial charge in [-0.3, -0.25) is 9.78 Å². The van der Waals surface area contributed by atoms with Gasteiger partial charge in [0.25, 0.3) is 5.91 Å². The van der Waals surface area contributed by atoms with Crippen LogP contribution in [0.5, 0.6) is 0 Å². The molecule has 0 saturated heterocycles. The van der Waals surface area contributed by atoms with Crippen LogP contribution in [0.15, 0.2) is 30.0 Å². The topological polar surface area (TPSA) is 98.7 Å². The molecule has 0 bridgehead atoms. The summed E-state index contributed by atoms with van der Waals surface area (Å²) in [7, 11) is 0. The van der Waals surface area contributed by atoms with Gasteiger partial charge in [0.1, 0.15) is 17.4 Å². The fourth-order valence-electron chi connectivity index (χ4n) is 3.74. The maximum Gasteiger partial charge on any atom is 0.251 e. The Morgan fingerprint density at radius 3 is 2.92 bits per heavy atom. The summed E-state index contributed by atoms with van der Waals surface area (Å²) < 4.78 is 1.67. The largest absolute Gasteiger partial charge is 0.383 e. The molecule has 3 aromatic heterocycles. The van der Waals surface area contributed by atoms with E-state index in [-0.39, 0.29) is 5.91 Å². The molecule has 8 heteroatoms. The van der Waals surface area contributed by atoms with E-state index in [1.54, 1.807) is 23.3 Å². The molecule has 3 aromatic rings. The number of thiazole rings is 1. The highest BCUT2D eigenvalue weighted by Crippen LogP contribution is 2.33. The van der Waals surface area contributed by atoms with Gasteiger partial charge in [0.05, 0.1) is 6.20 Å². The lowest BCUT2D eigenvalue weighted by molar-refractivity contribution is -0.120. The first kappa shape index (κ1) is 17.0. The molecule has 136 valence electrons. The van der Waals surface area contributed by atoms with Crippen LogP contribution >= 0.6 is 11.3 Å². The first-order chi connectivity index (χ1) is 12.7. The molecule has 1 aliphatic rings. The Kier molecular flexibility index (Phi) is 4.83. The number of anilines is 2. The first-order valence-corrected chi connectivity index (χ1v) is 9.88. The van der Waals surface area contributed by atoms with E-state index in [1.807, 2.05) is 11.4 Å². The number of rotatable bonds is 5. The number of fused-ring (bicyclic) bond motifs is 1. The number of amides is 1. The number of carbonyl (C=O) groups excluding carboxylic acids is 1. The van der Waals surface area contributed by atoms with E-state index in [2.05, 4.69) is 20.4 Å². The maximum atomic E-state index is 13.0. The number of nitrogens with one attached hydrogen (secondary N) is 1. The average Bonchev–Trinajstić information content (AvgIpc) is 3.29. The number of nitrogens with two attached hydrogens (primary N) is 1. The predicted molar refractivity (Wildman–Crippen MR) is 103 cm³/mol. The van der Waals surface area contributed by atoms with Crippen molar-refractivity contribution in [3.8, 4) is 0 Å². The molecule has 0 spiro atoms. The van der Waals surface area contributed by atoms with Crippen LogP contribution < -0.4 is 11.1 Å². The predicted octanol–water partition coefficient (Wildman–Crippen LogP) is 3.62. The van der Waals surface area contributed by atoms with E-state index >= 15 is 0 Å². The van der Waals surface area contributed by atoms with Crippen LogP contribution in [0.1, 0.15) is 44.6 Å². The maximum absolute atomic E-state index is 13.0. The smallest absolute Gasteiger partial charge is 0.251 e. The van der Waals surface area contributed by atoms with E-state index in [4.69, 9.17) is 5.73 Å². The quantitative estimate of drug-likeness (QED) is 0.715. The summed E-state index contributed by atoms with van der Waals surface area (Å²) in [6.45, 7) is 0. The van der Waals surface area contributed by atoms with Gasteiger partial charge in [0.2, 0.25) is 0 Å². The zero-order valence-electron chi connectivity index (χ0n) is 14.5. The van der Waals surface area contributed by atoms with Crippen molar-refractivity contribution in [2.24, 2.45) is 5.92 Å². The lowest BCUT2D eigenvalue weighted by Crippen LogP contribution is -2.30. The second kappa shape index (κ2) is 7.41. The van der Waals surface area contributed by atoms with Crippen molar-refractivity contribution >= 4 is 39.1 Å². The molecule has 0 radical (unpaired) electrons. The van der Waals surface area contributed by atoms with Crippen molar-refractivity contribution < 1.29 is 4.79 Å². The molecule has 1 fully saturated rings. The second-order valence-electron chi connectivity index (χ2n) is 6.80. The van der Waals surface area contributed by atoms with Crippen LogP contribution in [0.25, 0.3) is 10.9 Å². The monoisotopic (exact) mass is 370 g/mol. The fraction of sp³-hybridized carbons (Fsp3) is 0.444. The summed E-state index contributed by atoms with van der Waals surface area (Å²) in [6, 6.07) is 1.39. The molecular formula is C18H22N6OS. The second-order valence-corrected chi connectivity index (χ2v) is 7.70. The third-order valence-electron chi connectivity index (χ3n) is 5.08. The minimum absolute atomic E-state index is 0.113. The molecule has 1 saturated carbocycles. The molecule has 7 nitrogen and oxygen atoms in total. The van der Waals surface area contributed by atoms with Gasteiger partial charge >= 0.3 is 0 Å². The molecule has 0 aromatic carbocycles. The van der Waals surface area contributed by atoms with E-state index in [0.717, 1.165) is 24.6 Å². The van der Waals surface area contributed by atoms with Crippen molar-refractivity contribution in [1.82, 2.24) is 19.7 Å². The average molecular weight is 370 g/mol. The zero-order chi connectivity index (χ0) is 17.9. The van der Waals surface area contributed by atoms with Crippen molar-refractivity contribution in [1.29, 1.82) is 0 Å². The molecule has 3 N–H and O–H groups in total. The number of nitrogen functional groups attached to an aromatic ring is 1. The molecule has 0 aliphatic heterocycles. The Morgan fingerprint density at radius 1 is 1.35 bits per heavy atom. The summed E-state index contributed by atoms with van der Waals surface area (Å²) in [6.07, 6.45) is 11.8. The third-order valence-corrected chi connectivity index (χ3v) is 5.77. The van der Waals surface area contributed by atoms with Crippen molar-refractivity contribution in [3.05, 3.63) is 30.0 Å². The summed E-state index contributed by atoms with van der Waals surface area (Å²) in [5, 5.41) is 10.8. The van der Waals surface area contributed by atoms with Crippen LogP contribution in [-0.4, -0.2) is 25.7 Å². The van der Waals surface area contributed by atoms with Gasteiger partial charge in [0.15, 0.2) is 5.13 Å². The van der Waals surface area contributed by atoms with Crippen LogP contribution in [0.2, 0.25) is 0 Å². The van der Waals surface area contributed by atoms with Gasteiger partial charge in [-0.2, -0.15) is 5.10 Å².